The van der Waals surface area contributed by atoms with Gasteiger partial charge >= 0.3 is 0 Å². The standard InChI is InChI=1S/C16H17NO/c17-11-12-6-8-13(9-7-12)15-5-1-3-14-4-2-10-18-16(14)15/h1,3,5-9H,2,4,10-11,17H2. The average Bonchev–Trinajstić information content (AvgIpc) is 2.47. The molecule has 0 aromatic heterocycles. The van der Waals surface area contributed by atoms with E-state index in [1.54, 1.807) is 0 Å². The third kappa shape index (κ3) is 2.00. The van der Waals surface area contributed by atoms with E-state index in [0.29, 0.717) is 6.54 Å². The fourth-order valence-corrected chi connectivity index (χ4v) is 2.44. The van der Waals surface area contributed by atoms with Crippen molar-refractivity contribution in [2.75, 3.05) is 6.61 Å². The first kappa shape index (κ1) is 11.3. The van der Waals surface area contributed by atoms with Crippen LogP contribution in [0.25, 0.3) is 11.1 Å². The normalized spacial score (nSPS) is 13.8. The van der Waals surface area contributed by atoms with E-state index >= 15 is 0 Å². The molecule has 2 aromatic rings. The third-order valence-corrected chi connectivity index (χ3v) is 3.43. The molecule has 18 heavy (non-hydrogen) atoms. The summed E-state index contributed by atoms with van der Waals surface area (Å²) in [5.74, 6) is 1.06. The highest BCUT2D eigenvalue weighted by Crippen LogP contribution is 2.36. The van der Waals surface area contributed by atoms with Crippen molar-refractivity contribution in [2.45, 2.75) is 19.4 Å². The molecule has 0 aliphatic carbocycles. The van der Waals surface area contributed by atoms with E-state index < -0.39 is 0 Å². The number of hydrogen-bond acceptors (Lipinski definition) is 2. The van der Waals surface area contributed by atoms with Crippen LogP contribution in [0, 0.1) is 0 Å². The molecule has 0 fully saturated rings. The van der Waals surface area contributed by atoms with Crippen LogP contribution in [-0.2, 0) is 13.0 Å². The topological polar surface area (TPSA) is 35.2 Å². The van der Waals surface area contributed by atoms with Gasteiger partial charge in [-0.2, -0.15) is 0 Å². The van der Waals surface area contributed by atoms with Gasteiger partial charge in [0, 0.05) is 12.1 Å². The predicted molar refractivity (Wildman–Crippen MR) is 73.6 cm³/mol. The Morgan fingerprint density at radius 2 is 1.89 bits per heavy atom. The van der Waals surface area contributed by atoms with E-state index in [2.05, 4.69) is 42.5 Å². The summed E-state index contributed by atoms with van der Waals surface area (Å²) in [6.45, 7) is 1.41. The minimum atomic E-state index is 0.587. The predicted octanol–water partition coefficient (Wildman–Crippen LogP) is 3.14. The molecule has 2 aromatic carbocycles. The number of ether oxygens (including phenoxy) is 1. The molecule has 0 saturated carbocycles. The van der Waals surface area contributed by atoms with Crippen LogP contribution in [0.3, 0.4) is 0 Å². The molecule has 1 aliphatic rings. The maximum Gasteiger partial charge on any atom is 0.130 e. The number of fused-ring (bicyclic) bond motifs is 1. The van der Waals surface area contributed by atoms with E-state index in [-0.39, 0.29) is 0 Å². The van der Waals surface area contributed by atoms with Crippen molar-refractivity contribution in [2.24, 2.45) is 5.73 Å². The molecule has 0 atom stereocenters. The summed E-state index contributed by atoms with van der Waals surface area (Å²) in [7, 11) is 0. The lowest BCUT2D eigenvalue weighted by Gasteiger charge is -2.20. The molecule has 2 heteroatoms. The summed E-state index contributed by atoms with van der Waals surface area (Å²) in [5, 5.41) is 0. The van der Waals surface area contributed by atoms with Crippen molar-refractivity contribution >= 4 is 0 Å². The summed E-state index contributed by atoms with van der Waals surface area (Å²) >= 11 is 0. The van der Waals surface area contributed by atoms with Crippen LogP contribution in [-0.4, -0.2) is 6.61 Å². The van der Waals surface area contributed by atoms with Crippen LogP contribution in [0.1, 0.15) is 17.5 Å². The molecule has 3 rings (SSSR count). The van der Waals surface area contributed by atoms with Crippen molar-refractivity contribution in [1.82, 2.24) is 0 Å². The minimum absolute atomic E-state index is 0.587. The van der Waals surface area contributed by atoms with E-state index in [1.165, 1.54) is 16.7 Å². The van der Waals surface area contributed by atoms with E-state index in [9.17, 15) is 0 Å². The molecule has 1 heterocycles. The Labute approximate surface area is 107 Å². The van der Waals surface area contributed by atoms with Crippen molar-refractivity contribution in [3.8, 4) is 16.9 Å². The van der Waals surface area contributed by atoms with Gasteiger partial charge in [-0.05, 0) is 29.5 Å². The summed E-state index contributed by atoms with van der Waals surface area (Å²) in [6.07, 6.45) is 2.23. The van der Waals surface area contributed by atoms with Crippen LogP contribution in [0.5, 0.6) is 5.75 Å². The maximum absolute atomic E-state index is 5.84. The number of nitrogens with two attached hydrogens (primary N) is 1. The molecule has 0 bridgehead atoms. The summed E-state index contributed by atoms with van der Waals surface area (Å²) in [6, 6.07) is 14.8. The molecule has 0 radical (unpaired) electrons. The highest BCUT2D eigenvalue weighted by Gasteiger charge is 2.14. The maximum atomic E-state index is 5.84. The molecule has 0 saturated heterocycles. The summed E-state index contributed by atoms with van der Waals surface area (Å²) in [4.78, 5) is 0. The lowest BCUT2D eigenvalue weighted by Crippen LogP contribution is -2.09. The molecule has 0 amide bonds. The molecular formula is C16H17NO. The first-order chi connectivity index (χ1) is 8.88. The van der Waals surface area contributed by atoms with Crippen LogP contribution < -0.4 is 10.5 Å². The van der Waals surface area contributed by atoms with Crippen LogP contribution in [0.4, 0.5) is 0 Å². The first-order valence-corrected chi connectivity index (χ1v) is 6.42. The van der Waals surface area contributed by atoms with Gasteiger partial charge in [0.2, 0.25) is 0 Å². The highest BCUT2D eigenvalue weighted by molar-refractivity contribution is 5.72. The number of rotatable bonds is 2. The van der Waals surface area contributed by atoms with Gasteiger partial charge in [0.25, 0.3) is 0 Å². The van der Waals surface area contributed by atoms with Crippen molar-refractivity contribution < 1.29 is 4.74 Å². The highest BCUT2D eigenvalue weighted by atomic mass is 16.5. The van der Waals surface area contributed by atoms with Gasteiger partial charge in [-0.15, -0.1) is 0 Å². The third-order valence-electron chi connectivity index (χ3n) is 3.43. The second kappa shape index (κ2) is 4.83. The quantitative estimate of drug-likeness (QED) is 0.873. The Morgan fingerprint density at radius 3 is 2.67 bits per heavy atom. The Morgan fingerprint density at radius 1 is 1.06 bits per heavy atom. The second-order valence-electron chi connectivity index (χ2n) is 4.65. The van der Waals surface area contributed by atoms with Crippen LogP contribution in [0.15, 0.2) is 42.5 Å². The molecular weight excluding hydrogens is 222 g/mol. The van der Waals surface area contributed by atoms with Gasteiger partial charge < -0.3 is 10.5 Å². The molecule has 92 valence electrons. The summed E-state index contributed by atoms with van der Waals surface area (Å²) in [5.41, 5.74) is 10.5. The smallest absolute Gasteiger partial charge is 0.130 e. The molecule has 1 aliphatic heterocycles. The van der Waals surface area contributed by atoms with Crippen LogP contribution >= 0.6 is 0 Å². The zero-order chi connectivity index (χ0) is 12.4. The Kier molecular flexibility index (Phi) is 3.03. The fourth-order valence-electron chi connectivity index (χ4n) is 2.44. The van der Waals surface area contributed by atoms with Crippen LogP contribution in [0.2, 0.25) is 0 Å². The van der Waals surface area contributed by atoms with Gasteiger partial charge in [-0.25, -0.2) is 0 Å². The lowest BCUT2D eigenvalue weighted by atomic mass is 9.97. The number of hydrogen-bond donors (Lipinski definition) is 1. The Hall–Kier alpha value is -1.80. The fraction of sp³-hybridized carbons (Fsp3) is 0.250. The monoisotopic (exact) mass is 239 g/mol. The number of para-hydroxylation sites is 1. The van der Waals surface area contributed by atoms with Gasteiger partial charge in [0.05, 0.1) is 6.61 Å². The van der Waals surface area contributed by atoms with Crippen molar-refractivity contribution in [3.05, 3.63) is 53.6 Å². The first-order valence-electron chi connectivity index (χ1n) is 6.42. The zero-order valence-electron chi connectivity index (χ0n) is 10.4. The molecule has 2 N–H and O–H groups in total. The van der Waals surface area contributed by atoms with Gasteiger partial charge in [-0.3, -0.25) is 0 Å². The largest absolute Gasteiger partial charge is 0.493 e. The number of aryl methyl sites for hydroxylation is 1. The zero-order valence-corrected chi connectivity index (χ0v) is 10.4. The Balaban J connectivity index is 2.05. The Bertz CT molecular complexity index is 546. The van der Waals surface area contributed by atoms with Gasteiger partial charge in [-0.1, -0.05) is 42.5 Å². The van der Waals surface area contributed by atoms with Crippen molar-refractivity contribution in [3.63, 3.8) is 0 Å². The number of benzene rings is 2. The average molecular weight is 239 g/mol. The minimum Gasteiger partial charge on any atom is -0.493 e. The molecule has 2 nitrogen and oxygen atoms in total. The van der Waals surface area contributed by atoms with Gasteiger partial charge in [0.15, 0.2) is 0 Å². The molecule has 0 unspecified atom stereocenters. The lowest BCUT2D eigenvalue weighted by molar-refractivity contribution is 0.289. The van der Waals surface area contributed by atoms with Gasteiger partial charge in [0.1, 0.15) is 5.75 Å². The van der Waals surface area contributed by atoms with Crippen molar-refractivity contribution in [1.29, 1.82) is 0 Å². The van der Waals surface area contributed by atoms with E-state index in [1.807, 2.05) is 0 Å². The second-order valence-corrected chi connectivity index (χ2v) is 4.65. The molecule has 0 spiro atoms. The summed E-state index contributed by atoms with van der Waals surface area (Å²) < 4.78 is 5.84. The SMILES string of the molecule is NCc1ccc(-c2cccc3c2OCCC3)cc1. The van der Waals surface area contributed by atoms with E-state index in [0.717, 1.165) is 30.8 Å². The van der Waals surface area contributed by atoms with E-state index in [4.69, 9.17) is 10.5 Å².